The number of nitrogens with one attached hydrogen (secondary N) is 1. The summed E-state index contributed by atoms with van der Waals surface area (Å²) in [6, 6.07) is 7.89. The summed E-state index contributed by atoms with van der Waals surface area (Å²) < 4.78 is 6.39. The van der Waals surface area contributed by atoms with E-state index in [1.807, 2.05) is 30.3 Å². The molecule has 1 aromatic carbocycles. The lowest BCUT2D eigenvalue weighted by molar-refractivity contribution is -0.259. The summed E-state index contributed by atoms with van der Waals surface area (Å²) in [7, 11) is 0. The lowest BCUT2D eigenvalue weighted by Crippen LogP contribution is -2.18. The van der Waals surface area contributed by atoms with Crippen molar-refractivity contribution in [2.75, 3.05) is 6.54 Å². The number of hydrogen-bond acceptors (Lipinski definition) is 6. The summed E-state index contributed by atoms with van der Waals surface area (Å²) in [5.74, 6) is -0.338. The minimum Gasteiger partial charge on any atom is -0.370 e. The molecular formula is C15H19BrN2O4S. The van der Waals surface area contributed by atoms with Crippen LogP contribution in [0.3, 0.4) is 0 Å². The quantitative estimate of drug-likeness (QED) is 0.296. The molecule has 1 fully saturated rings. The molecule has 0 atom stereocenters. The van der Waals surface area contributed by atoms with Gasteiger partial charge in [-0.1, -0.05) is 47.0 Å². The summed E-state index contributed by atoms with van der Waals surface area (Å²) in [6.45, 7) is 0.659. The SMILES string of the molecule is O=C(CCCCCCN1OS/C(=C\c2ccccc2Br)O1)NO. The van der Waals surface area contributed by atoms with Crippen LogP contribution in [0.5, 0.6) is 0 Å². The fourth-order valence-corrected chi connectivity index (χ4v) is 2.95. The minimum absolute atomic E-state index is 0.338. The Hall–Kier alpha value is -1.06. The average Bonchev–Trinajstić information content (AvgIpc) is 3.00. The van der Waals surface area contributed by atoms with Gasteiger partial charge in [0.25, 0.3) is 0 Å². The Kier molecular flexibility index (Phi) is 7.90. The van der Waals surface area contributed by atoms with Gasteiger partial charge >= 0.3 is 0 Å². The standard InChI is InChI=1S/C15H19BrN2O4S/c16-13-8-5-4-7-12(13)11-15-21-18(22-23-15)10-6-2-1-3-9-14(19)17-20/h4-5,7-8,11,20H,1-3,6,9-10H2,(H,17,19)/b15-11-. The number of carbonyl (C=O) groups is 1. The van der Waals surface area contributed by atoms with Crippen molar-refractivity contribution in [2.45, 2.75) is 32.1 Å². The van der Waals surface area contributed by atoms with E-state index < -0.39 is 0 Å². The highest BCUT2D eigenvalue weighted by atomic mass is 79.9. The van der Waals surface area contributed by atoms with Crippen LogP contribution in [0.25, 0.3) is 6.08 Å². The summed E-state index contributed by atoms with van der Waals surface area (Å²) in [5, 5.41) is 10.5. The van der Waals surface area contributed by atoms with Crippen molar-refractivity contribution in [3.05, 3.63) is 39.4 Å². The van der Waals surface area contributed by atoms with Crippen molar-refractivity contribution in [3.63, 3.8) is 0 Å². The van der Waals surface area contributed by atoms with Gasteiger partial charge in [0.1, 0.15) is 0 Å². The molecule has 1 aliphatic heterocycles. The maximum Gasteiger partial charge on any atom is 0.243 e. The molecule has 0 unspecified atom stereocenters. The molecule has 126 valence electrons. The van der Waals surface area contributed by atoms with Crippen LogP contribution in [0.1, 0.15) is 37.7 Å². The summed E-state index contributed by atoms with van der Waals surface area (Å²) in [6.07, 6.45) is 5.83. The smallest absolute Gasteiger partial charge is 0.243 e. The van der Waals surface area contributed by atoms with Crippen LogP contribution in [0, 0.1) is 0 Å². The van der Waals surface area contributed by atoms with Gasteiger partial charge in [-0.05, 0) is 29.7 Å². The number of unbranched alkanes of at least 4 members (excludes halogenated alkanes) is 3. The lowest BCUT2D eigenvalue weighted by Gasteiger charge is -2.10. The predicted molar refractivity (Wildman–Crippen MR) is 91.6 cm³/mol. The molecule has 0 saturated carbocycles. The lowest BCUT2D eigenvalue weighted by atomic mass is 10.1. The molecule has 2 rings (SSSR count). The highest BCUT2D eigenvalue weighted by molar-refractivity contribution is 9.10. The highest BCUT2D eigenvalue weighted by Gasteiger charge is 2.21. The molecule has 1 aromatic rings. The molecule has 8 heteroatoms. The molecule has 0 spiro atoms. The van der Waals surface area contributed by atoms with Gasteiger partial charge in [-0.25, -0.2) is 5.48 Å². The number of benzene rings is 1. The van der Waals surface area contributed by atoms with Crippen molar-refractivity contribution < 1.29 is 19.1 Å². The second-order valence-electron chi connectivity index (χ2n) is 4.99. The zero-order valence-electron chi connectivity index (χ0n) is 12.5. The molecule has 0 aromatic heterocycles. The first-order valence-electron chi connectivity index (χ1n) is 7.38. The first-order chi connectivity index (χ1) is 11.2. The Balaban J connectivity index is 1.64. The molecular weight excluding hydrogens is 384 g/mol. The van der Waals surface area contributed by atoms with Crippen LogP contribution in [-0.4, -0.2) is 22.9 Å². The van der Waals surface area contributed by atoms with Crippen LogP contribution in [-0.2, 0) is 13.9 Å². The van der Waals surface area contributed by atoms with E-state index >= 15 is 0 Å². The van der Waals surface area contributed by atoms with Crippen molar-refractivity contribution in [1.29, 1.82) is 0 Å². The van der Waals surface area contributed by atoms with Gasteiger partial charge < -0.3 is 4.84 Å². The Morgan fingerprint density at radius 3 is 2.87 bits per heavy atom. The second-order valence-corrected chi connectivity index (χ2v) is 6.56. The molecule has 0 aliphatic carbocycles. The Bertz CT molecular complexity index is 556. The first-order valence-corrected chi connectivity index (χ1v) is 8.92. The average molecular weight is 403 g/mol. The van der Waals surface area contributed by atoms with E-state index in [4.69, 9.17) is 14.3 Å². The molecule has 0 bridgehead atoms. The number of halogens is 1. The third-order valence-electron chi connectivity index (χ3n) is 3.19. The summed E-state index contributed by atoms with van der Waals surface area (Å²) in [5.41, 5.74) is 2.66. The molecule has 1 saturated heterocycles. The van der Waals surface area contributed by atoms with E-state index in [0.717, 1.165) is 35.7 Å². The fraction of sp³-hybridized carbons (Fsp3) is 0.400. The van der Waals surface area contributed by atoms with Crippen LogP contribution >= 0.6 is 28.0 Å². The van der Waals surface area contributed by atoms with Gasteiger partial charge in [-0.2, -0.15) is 4.28 Å². The van der Waals surface area contributed by atoms with E-state index in [1.54, 1.807) is 5.48 Å². The Labute approximate surface area is 148 Å². The number of rotatable bonds is 8. The predicted octanol–water partition coefficient (Wildman–Crippen LogP) is 4.03. The van der Waals surface area contributed by atoms with Gasteiger partial charge in [0.15, 0.2) is 0 Å². The number of amides is 1. The van der Waals surface area contributed by atoms with Gasteiger partial charge in [-0.3, -0.25) is 10.0 Å². The summed E-state index contributed by atoms with van der Waals surface area (Å²) in [4.78, 5) is 16.4. The van der Waals surface area contributed by atoms with E-state index in [0.29, 0.717) is 18.1 Å². The highest BCUT2D eigenvalue weighted by Crippen LogP contribution is 2.32. The minimum atomic E-state index is -0.338. The van der Waals surface area contributed by atoms with Crippen molar-refractivity contribution in [3.8, 4) is 0 Å². The number of nitrogens with zero attached hydrogens (tertiary/aromatic N) is 1. The normalized spacial score (nSPS) is 16.5. The largest absolute Gasteiger partial charge is 0.370 e. The third kappa shape index (κ3) is 6.52. The van der Waals surface area contributed by atoms with Gasteiger partial charge in [0, 0.05) is 17.0 Å². The number of carbonyl (C=O) groups excluding carboxylic acids is 1. The maximum absolute atomic E-state index is 10.8. The molecule has 6 nitrogen and oxygen atoms in total. The van der Waals surface area contributed by atoms with Crippen LogP contribution < -0.4 is 5.48 Å². The molecule has 0 radical (unpaired) electrons. The van der Waals surface area contributed by atoms with E-state index in [2.05, 4.69) is 15.9 Å². The van der Waals surface area contributed by atoms with Crippen LogP contribution in [0.2, 0.25) is 0 Å². The molecule has 2 N–H and O–H groups in total. The first kappa shape index (κ1) is 18.3. The zero-order chi connectivity index (χ0) is 16.5. The topological polar surface area (TPSA) is 71.0 Å². The fourth-order valence-electron chi connectivity index (χ4n) is 2.00. The second kappa shape index (κ2) is 9.94. The van der Waals surface area contributed by atoms with E-state index in [-0.39, 0.29) is 5.91 Å². The zero-order valence-corrected chi connectivity index (χ0v) is 14.9. The van der Waals surface area contributed by atoms with Crippen LogP contribution in [0.4, 0.5) is 0 Å². The van der Waals surface area contributed by atoms with Gasteiger partial charge in [-0.15, -0.1) is 0 Å². The van der Waals surface area contributed by atoms with Crippen molar-refractivity contribution >= 4 is 40.0 Å². The summed E-state index contributed by atoms with van der Waals surface area (Å²) >= 11 is 4.68. The van der Waals surface area contributed by atoms with Gasteiger partial charge in [0.05, 0.1) is 18.6 Å². The number of hydrogen-bond donors (Lipinski definition) is 2. The number of hydroxylamine groups is 3. The molecule has 1 heterocycles. The van der Waals surface area contributed by atoms with Crippen molar-refractivity contribution in [1.82, 2.24) is 10.7 Å². The maximum atomic E-state index is 10.8. The van der Waals surface area contributed by atoms with Crippen molar-refractivity contribution in [2.24, 2.45) is 0 Å². The molecule has 1 aliphatic rings. The molecule has 23 heavy (non-hydrogen) atoms. The van der Waals surface area contributed by atoms with E-state index in [9.17, 15) is 4.79 Å². The Morgan fingerprint density at radius 1 is 1.30 bits per heavy atom. The monoisotopic (exact) mass is 402 g/mol. The van der Waals surface area contributed by atoms with Crippen LogP contribution in [0.15, 0.2) is 33.8 Å². The van der Waals surface area contributed by atoms with Gasteiger partial charge in [0.2, 0.25) is 11.0 Å². The van der Waals surface area contributed by atoms with E-state index in [1.165, 1.54) is 17.3 Å². The third-order valence-corrected chi connectivity index (χ3v) is 4.51. The Morgan fingerprint density at radius 2 is 2.09 bits per heavy atom. The molecule has 1 amide bonds.